The Morgan fingerprint density at radius 1 is 1.17 bits per heavy atom. The normalized spacial score (nSPS) is 29.6. The summed E-state index contributed by atoms with van der Waals surface area (Å²) >= 11 is 0. The van der Waals surface area contributed by atoms with Gasteiger partial charge in [-0.05, 0) is 22.9 Å². The van der Waals surface area contributed by atoms with Crippen LogP contribution in [0.5, 0.6) is 5.75 Å². The van der Waals surface area contributed by atoms with Gasteiger partial charge in [-0.1, -0.05) is 50.6 Å². The largest absolute Gasteiger partial charge is 0.496 e. The quantitative estimate of drug-likeness (QED) is 0.670. The molecule has 2 aliphatic rings. The van der Waals surface area contributed by atoms with E-state index in [0.717, 1.165) is 16.3 Å². The van der Waals surface area contributed by atoms with E-state index in [1.54, 1.807) is 7.11 Å². The number of carboxylic acids is 1. The number of imide groups is 1. The number of nitrogens with one attached hydrogen (secondary N) is 2. The van der Waals surface area contributed by atoms with Crippen LogP contribution in [0.3, 0.4) is 0 Å². The number of methoxy groups -OCH3 is 1. The summed E-state index contributed by atoms with van der Waals surface area (Å²) in [5.74, 6) is -3.46. The number of aliphatic carboxylic acids is 1. The van der Waals surface area contributed by atoms with E-state index in [1.165, 1.54) is 0 Å². The number of hydrogen-bond donors (Lipinski definition) is 3. The van der Waals surface area contributed by atoms with Gasteiger partial charge in [-0.15, -0.1) is 0 Å². The summed E-state index contributed by atoms with van der Waals surface area (Å²) in [5, 5.41) is 17.5. The first kappa shape index (κ1) is 19.4. The molecule has 5 atom stereocenters. The van der Waals surface area contributed by atoms with Crippen LogP contribution in [0.4, 0.5) is 0 Å². The third-order valence-corrected chi connectivity index (χ3v) is 6.65. The molecule has 2 heterocycles. The molecule has 7 nitrogen and oxygen atoms in total. The molecule has 2 fully saturated rings. The van der Waals surface area contributed by atoms with Crippen LogP contribution in [0.25, 0.3) is 10.8 Å². The second-order valence-corrected chi connectivity index (χ2v) is 7.87. The number of carbonyl (C=O) groups is 3. The van der Waals surface area contributed by atoms with Crippen LogP contribution in [0.15, 0.2) is 36.4 Å². The fraction of sp³-hybridized carbons (Fsp3) is 0.409. The third kappa shape index (κ3) is 2.57. The third-order valence-electron chi connectivity index (χ3n) is 6.65. The highest BCUT2D eigenvalue weighted by molar-refractivity contribution is 6.10. The molecule has 2 amide bonds. The Morgan fingerprint density at radius 2 is 1.86 bits per heavy atom. The zero-order valence-corrected chi connectivity index (χ0v) is 16.6. The zero-order valence-electron chi connectivity index (χ0n) is 16.6. The summed E-state index contributed by atoms with van der Waals surface area (Å²) in [6, 6.07) is 10.7. The van der Waals surface area contributed by atoms with Crippen molar-refractivity contribution in [3.8, 4) is 5.75 Å². The molecule has 2 saturated heterocycles. The van der Waals surface area contributed by atoms with Crippen molar-refractivity contribution in [3.63, 3.8) is 0 Å². The molecule has 3 N–H and O–H groups in total. The van der Waals surface area contributed by atoms with Gasteiger partial charge in [0.05, 0.1) is 18.9 Å². The lowest BCUT2D eigenvalue weighted by Gasteiger charge is -2.35. The number of carbonyl (C=O) groups excluding carboxylic acids is 2. The van der Waals surface area contributed by atoms with Gasteiger partial charge >= 0.3 is 5.97 Å². The van der Waals surface area contributed by atoms with E-state index in [4.69, 9.17) is 4.74 Å². The van der Waals surface area contributed by atoms with Crippen LogP contribution in [0.1, 0.15) is 31.9 Å². The van der Waals surface area contributed by atoms with E-state index in [0.29, 0.717) is 12.2 Å². The molecular formula is C22H24N2O5. The van der Waals surface area contributed by atoms with Crippen LogP contribution in [0, 0.1) is 17.8 Å². The molecule has 29 heavy (non-hydrogen) atoms. The first-order valence-corrected chi connectivity index (χ1v) is 9.78. The number of fused-ring (bicyclic) bond motifs is 2. The minimum absolute atomic E-state index is 0.348. The molecular weight excluding hydrogens is 372 g/mol. The maximum Gasteiger partial charge on any atom is 0.325 e. The molecule has 2 aromatic carbocycles. The lowest BCUT2D eigenvalue weighted by molar-refractivity contribution is -0.152. The van der Waals surface area contributed by atoms with Crippen LogP contribution in [-0.2, 0) is 14.4 Å². The Kier molecular flexibility index (Phi) is 4.58. The van der Waals surface area contributed by atoms with E-state index in [9.17, 15) is 19.5 Å². The number of hydrogen-bond acceptors (Lipinski definition) is 5. The predicted octanol–water partition coefficient (Wildman–Crippen LogP) is 2.25. The lowest BCUT2D eigenvalue weighted by Crippen LogP contribution is -2.59. The molecule has 0 aliphatic carbocycles. The fourth-order valence-corrected chi connectivity index (χ4v) is 5.06. The van der Waals surface area contributed by atoms with Crippen molar-refractivity contribution < 1.29 is 24.2 Å². The molecule has 0 aromatic heterocycles. The number of benzene rings is 2. The molecule has 2 aliphatic heterocycles. The van der Waals surface area contributed by atoms with Crippen molar-refractivity contribution in [1.29, 1.82) is 0 Å². The number of carboxylic acid groups (broad SMARTS) is 1. The Morgan fingerprint density at radius 3 is 2.48 bits per heavy atom. The number of ether oxygens (including phenoxy) is 1. The topological polar surface area (TPSA) is 105 Å². The van der Waals surface area contributed by atoms with Gasteiger partial charge in [-0.25, -0.2) is 0 Å². The predicted molar refractivity (Wildman–Crippen MR) is 106 cm³/mol. The smallest absolute Gasteiger partial charge is 0.325 e. The average molecular weight is 396 g/mol. The Bertz CT molecular complexity index is 1020. The number of amides is 2. The van der Waals surface area contributed by atoms with Crippen molar-refractivity contribution in [1.82, 2.24) is 10.6 Å². The van der Waals surface area contributed by atoms with Crippen molar-refractivity contribution in [3.05, 3.63) is 42.0 Å². The van der Waals surface area contributed by atoms with Gasteiger partial charge in [-0.3, -0.25) is 25.0 Å². The van der Waals surface area contributed by atoms with Crippen molar-refractivity contribution in [2.45, 2.75) is 31.8 Å². The fourth-order valence-electron chi connectivity index (χ4n) is 5.06. The van der Waals surface area contributed by atoms with Crippen LogP contribution < -0.4 is 15.4 Å². The Balaban J connectivity index is 1.94. The van der Waals surface area contributed by atoms with Gasteiger partial charge in [0.1, 0.15) is 11.3 Å². The minimum atomic E-state index is -1.51. The van der Waals surface area contributed by atoms with Gasteiger partial charge in [0.25, 0.3) is 0 Å². The molecule has 0 saturated carbocycles. The van der Waals surface area contributed by atoms with Gasteiger partial charge < -0.3 is 9.84 Å². The van der Waals surface area contributed by atoms with E-state index in [2.05, 4.69) is 10.6 Å². The first-order valence-electron chi connectivity index (χ1n) is 9.78. The van der Waals surface area contributed by atoms with Crippen molar-refractivity contribution in [2.75, 3.05) is 7.11 Å². The van der Waals surface area contributed by atoms with Gasteiger partial charge in [0.15, 0.2) is 0 Å². The molecule has 5 unspecified atom stereocenters. The standard InChI is InChI=1S/C22H24N2O5/c1-4-11(2)22(21(27)28)17-16(19(25)23-20(17)26)18(24-22)14-9-10-15(29-3)13-8-6-5-7-12(13)14/h5-11,16-18,24H,4H2,1-3H3,(H,27,28)(H,23,25,26). The molecule has 0 spiro atoms. The number of rotatable bonds is 5. The van der Waals surface area contributed by atoms with Crippen molar-refractivity contribution in [2.24, 2.45) is 17.8 Å². The Hall–Kier alpha value is -2.93. The molecule has 4 rings (SSSR count). The summed E-state index contributed by atoms with van der Waals surface area (Å²) in [7, 11) is 1.59. The SMILES string of the molecule is CCC(C)C1(C(=O)O)NC(c2ccc(OC)c3ccccc23)C2C(=O)NC(=O)C21. The van der Waals surface area contributed by atoms with E-state index in [-0.39, 0.29) is 5.92 Å². The minimum Gasteiger partial charge on any atom is -0.496 e. The van der Waals surface area contributed by atoms with E-state index < -0.39 is 41.2 Å². The van der Waals surface area contributed by atoms with Gasteiger partial charge in [0, 0.05) is 11.4 Å². The van der Waals surface area contributed by atoms with E-state index >= 15 is 0 Å². The van der Waals surface area contributed by atoms with Gasteiger partial charge in [-0.2, -0.15) is 0 Å². The molecule has 152 valence electrons. The van der Waals surface area contributed by atoms with Crippen LogP contribution in [-0.4, -0.2) is 35.5 Å². The summed E-state index contributed by atoms with van der Waals surface area (Å²) in [6.45, 7) is 3.69. The molecule has 0 bridgehead atoms. The Labute approximate surface area is 168 Å². The average Bonchev–Trinajstić information content (AvgIpc) is 3.23. The maximum absolute atomic E-state index is 12.7. The summed E-state index contributed by atoms with van der Waals surface area (Å²) in [6.07, 6.45) is 0.556. The lowest BCUT2D eigenvalue weighted by atomic mass is 9.72. The highest BCUT2D eigenvalue weighted by Gasteiger charge is 2.67. The second-order valence-electron chi connectivity index (χ2n) is 7.87. The molecule has 7 heteroatoms. The highest BCUT2D eigenvalue weighted by atomic mass is 16.5. The van der Waals surface area contributed by atoms with E-state index in [1.807, 2.05) is 50.2 Å². The van der Waals surface area contributed by atoms with Crippen LogP contribution in [0.2, 0.25) is 0 Å². The maximum atomic E-state index is 12.7. The summed E-state index contributed by atoms with van der Waals surface area (Å²) in [4.78, 5) is 37.9. The van der Waals surface area contributed by atoms with Crippen LogP contribution >= 0.6 is 0 Å². The second kappa shape index (κ2) is 6.84. The molecule has 2 aromatic rings. The first-order chi connectivity index (χ1) is 13.9. The highest BCUT2D eigenvalue weighted by Crippen LogP contribution is 2.51. The zero-order chi connectivity index (χ0) is 20.9. The monoisotopic (exact) mass is 396 g/mol. The van der Waals surface area contributed by atoms with Gasteiger partial charge in [0.2, 0.25) is 11.8 Å². The summed E-state index contributed by atoms with van der Waals surface area (Å²) in [5.41, 5.74) is -0.728. The van der Waals surface area contributed by atoms with Crippen molar-refractivity contribution >= 4 is 28.6 Å². The summed E-state index contributed by atoms with van der Waals surface area (Å²) < 4.78 is 5.46. The molecule has 0 radical (unpaired) electrons.